The van der Waals surface area contributed by atoms with Crippen LogP contribution in [0.4, 0.5) is 0 Å². The number of aromatic nitrogens is 1. The van der Waals surface area contributed by atoms with E-state index in [1.165, 1.54) is 11.1 Å². The molecule has 0 bridgehead atoms. The van der Waals surface area contributed by atoms with Crippen molar-refractivity contribution >= 4 is 22.7 Å². The summed E-state index contributed by atoms with van der Waals surface area (Å²) in [6, 6.07) is 20.0. The average molecular weight is 456 g/mol. The van der Waals surface area contributed by atoms with Crippen LogP contribution in [0.2, 0.25) is 0 Å². The molecule has 0 radical (unpaired) electrons. The number of carbonyl (C=O) groups excluding carboxylic acids is 2. The van der Waals surface area contributed by atoms with Gasteiger partial charge < -0.3 is 19.6 Å². The molecule has 0 fully saturated rings. The van der Waals surface area contributed by atoms with Crippen LogP contribution in [0.1, 0.15) is 34.6 Å². The predicted molar refractivity (Wildman–Crippen MR) is 131 cm³/mol. The Hall–Kier alpha value is -3.80. The Morgan fingerprint density at radius 1 is 1.00 bits per heavy atom. The summed E-state index contributed by atoms with van der Waals surface area (Å²) in [6.07, 6.45) is 3.84. The van der Waals surface area contributed by atoms with Crippen molar-refractivity contribution in [2.24, 2.45) is 5.92 Å². The molecule has 2 heterocycles. The van der Waals surface area contributed by atoms with Crippen LogP contribution in [0.25, 0.3) is 10.9 Å². The summed E-state index contributed by atoms with van der Waals surface area (Å²) in [5.41, 5.74) is 5.72. The average Bonchev–Trinajstić information content (AvgIpc) is 3.49. The molecule has 2 amide bonds. The van der Waals surface area contributed by atoms with Gasteiger partial charge in [-0.3, -0.25) is 9.59 Å². The van der Waals surface area contributed by atoms with Crippen LogP contribution >= 0.6 is 0 Å². The lowest BCUT2D eigenvalue weighted by atomic mass is 9.85. The smallest absolute Gasteiger partial charge is 0.240 e. The molecule has 4 aromatic rings. The number of para-hydroxylation sites is 1. The first-order chi connectivity index (χ1) is 16.6. The number of amides is 2. The zero-order valence-electron chi connectivity index (χ0n) is 19.3. The summed E-state index contributed by atoms with van der Waals surface area (Å²) in [4.78, 5) is 25.7. The Morgan fingerprint density at radius 3 is 2.65 bits per heavy atom. The second-order valence-corrected chi connectivity index (χ2v) is 8.97. The van der Waals surface area contributed by atoms with E-state index in [0.717, 1.165) is 40.8 Å². The number of nitrogens with one attached hydrogen (secondary N) is 2. The Balaban J connectivity index is 1.31. The van der Waals surface area contributed by atoms with Crippen LogP contribution in [0.5, 0.6) is 0 Å². The summed E-state index contributed by atoms with van der Waals surface area (Å²) in [5, 5.41) is 7.21. The van der Waals surface area contributed by atoms with Crippen LogP contribution in [0.15, 0.2) is 71.3 Å². The second kappa shape index (κ2) is 9.59. The van der Waals surface area contributed by atoms with Crippen molar-refractivity contribution in [1.82, 2.24) is 15.2 Å². The van der Waals surface area contributed by atoms with Crippen molar-refractivity contribution in [3.05, 3.63) is 95.1 Å². The van der Waals surface area contributed by atoms with Crippen molar-refractivity contribution in [3.63, 3.8) is 0 Å². The summed E-state index contributed by atoms with van der Waals surface area (Å²) in [6.45, 7) is 3.23. The van der Waals surface area contributed by atoms with E-state index in [9.17, 15) is 9.59 Å². The van der Waals surface area contributed by atoms with Crippen molar-refractivity contribution in [1.29, 1.82) is 0 Å². The third-order valence-corrected chi connectivity index (χ3v) is 6.80. The molecule has 1 atom stereocenters. The molecule has 1 unspecified atom stereocenters. The molecule has 2 aromatic heterocycles. The van der Waals surface area contributed by atoms with Crippen LogP contribution in [-0.4, -0.2) is 16.4 Å². The Bertz CT molecular complexity index is 1320. The highest BCUT2D eigenvalue weighted by molar-refractivity contribution is 5.89. The summed E-state index contributed by atoms with van der Waals surface area (Å²) in [5.74, 6) is 0.704. The Morgan fingerprint density at radius 2 is 1.82 bits per heavy atom. The Labute approximate surface area is 199 Å². The minimum absolute atomic E-state index is 0.0574. The summed E-state index contributed by atoms with van der Waals surface area (Å²) < 4.78 is 7.42. The highest BCUT2D eigenvalue weighted by Gasteiger charge is 2.29. The molecule has 6 nitrogen and oxygen atoms in total. The number of nitrogens with zero attached hydrogens (tertiary/aromatic N) is 1. The lowest BCUT2D eigenvalue weighted by molar-refractivity contribution is -0.125. The van der Waals surface area contributed by atoms with Crippen LogP contribution in [-0.2, 0) is 42.1 Å². The third-order valence-electron chi connectivity index (χ3n) is 6.80. The fourth-order valence-electron chi connectivity index (χ4n) is 4.94. The minimum atomic E-state index is -0.0662. The first-order valence-corrected chi connectivity index (χ1v) is 11.8. The standard InChI is InChI=1S/C28H29N3O3/c1-19-7-2-3-8-21(19)16-30-28(33)20-12-13-26-24(15-20)23-10-4-5-11-25(23)31(26)18-27(32)29-17-22-9-6-14-34-22/h2-11,14,20H,12-13,15-18H2,1H3,(H,29,32)(H,30,33). The van der Waals surface area contributed by atoms with Gasteiger partial charge in [0.1, 0.15) is 12.3 Å². The van der Waals surface area contributed by atoms with Gasteiger partial charge in [0.05, 0.1) is 12.8 Å². The van der Waals surface area contributed by atoms with Gasteiger partial charge >= 0.3 is 0 Å². The van der Waals surface area contributed by atoms with E-state index in [1.54, 1.807) is 6.26 Å². The zero-order valence-corrected chi connectivity index (χ0v) is 19.3. The van der Waals surface area contributed by atoms with Gasteiger partial charge in [-0.1, -0.05) is 42.5 Å². The molecular formula is C28H29N3O3. The highest BCUT2D eigenvalue weighted by Crippen LogP contribution is 2.34. The van der Waals surface area contributed by atoms with Gasteiger partial charge in [-0.25, -0.2) is 0 Å². The summed E-state index contributed by atoms with van der Waals surface area (Å²) in [7, 11) is 0. The molecule has 34 heavy (non-hydrogen) atoms. The van der Waals surface area contributed by atoms with E-state index in [2.05, 4.69) is 46.4 Å². The van der Waals surface area contributed by atoms with E-state index in [0.29, 0.717) is 19.5 Å². The molecule has 6 heteroatoms. The number of carbonyl (C=O) groups is 2. The summed E-state index contributed by atoms with van der Waals surface area (Å²) >= 11 is 0. The molecule has 0 saturated carbocycles. The SMILES string of the molecule is Cc1ccccc1CNC(=O)C1CCc2c(c3ccccc3n2CC(=O)NCc2ccco2)C1. The molecule has 2 N–H and O–H groups in total. The molecule has 0 spiro atoms. The number of hydrogen-bond acceptors (Lipinski definition) is 3. The lowest BCUT2D eigenvalue weighted by Gasteiger charge is -2.23. The number of benzene rings is 2. The van der Waals surface area contributed by atoms with Gasteiger partial charge in [-0.05, 0) is 61.1 Å². The van der Waals surface area contributed by atoms with Gasteiger partial charge in [-0.15, -0.1) is 0 Å². The topological polar surface area (TPSA) is 76.3 Å². The van der Waals surface area contributed by atoms with E-state index in [1.807, 2.05) is 36.4 Å². The fourth-order valence-corrected chi connectivity index (χ4v) is 4.94. The van der Waals surface area contributed by atoms with Gasteiger partial charge in [0.2, 0.25) is 11.8 Å². The van der Waals surface area contributed by atoms with Gasteiger partial charge in [0.15, 0.2) is 0 Å². The number of hydrogen-bond donors (Lipinski definition) is 2. The minimum Gasteiger partial charge on any atom is -0.467 e. The van der Waals surface area contributed by atoms with E-state index in [-0.39, 0.29) is 24.3 Å². The molecule has 0 saturated heterocycles. The predicted octanol–water partition coefficient (Wildman–Crippen LogP) is 4.28. The zero-order chi connectivity index (χ0) is 23.5. The number of fused-ring (bicyclic) bond motifs is 3. The monoisotopic (exact) mass is 455 g/mol. The van der Waals surface area contributed by atoms with E-state index >= 15 is 0 Å². The van der Waals surface area contributed by atoms with Crippen molar-refractivity contribution < 1.29 is 14.0 Å². The van der Waals surface area contributed by atoms with Crippen LogP contribution in [0.3, 0.4) is 0 Å². The maximum absolute atomic E-state index is 13.0. The maximum Gasteiger partial charge on any atom is 0.240 e. The molecule has 1 aliphatic rings. The molecule has 174 valence electrons. The Kier molecular flexibility index (Phi) is 6.21. The number of aryl methyl sites for hydroxylation is 1. The van der Waals surface area contributed by atoms with E-state index < -0.39 is 0 Å². The number of rotatable bonds is 7. The second-order valence-electron chi connectivity index (χ2n) is 8.97. The molecule has 0 aliphatic heterocycles. The normalized spacial score (nSPS) is 15.1. The van der Waals surface area contributed by atoms with Crippen molar-refractivity contribution in [2.75, 3.05) is 0 Å². The molecular weight excluding hydrogens is 426 g/mol. The van der Waals surface area contributed by atoms with Crippen molar-refractivity contribution in [2.45, 2.75) is 45.8 Å². The van der Waals surface area contributed by atoms with Gasteiger partial charge in [0.25, 0.3) is 0 Å². The number of furan rings is 1. The lowest BCUT2D eigenvalue weighted by Crippen LogP contribution is -2.34. The molecule has 2 aromatic carbocycles. The fraction of sp³-hybridized carbons (Fsp3) is 0.286. The van der Waals surface area contributed by atoms with Crippen molar-refractivity contribution in [3.8, 4) is 0 Å². The van der Waals surface area contributed by atoms with E-state index in [4.69, 9.17) is 4.42 Å². The van der Waals surface area contributed by atoms with Gasteiger partial charge in [-0.2, -0.15) is 0 Å². The first-order valence-electron chi connectivity index (χ1n) is 11.8. The highest BCUT2D eigenvalue weighted by atomic mass is 16.3. The molecule has 1 aliphatic carbocycles. The molecule has 5 rings (SSSR count). The quantitative estimate of drug-likeness (QED) is 0.437. The van der Waals surface area contributed by atoms with Crippen LogP contribution < -0.4 is 10.6 Å². The van der Waals surface area contributed by atoms with Gasteiger partial charge in [0, 0.05) is 29.1 Å². The first kappa shape index (κ1) is 22.0. The third kappa shape index (κ3) is 4.49. The maximum atomic E-state index is 13.0. The van der Waals surface area contributed by atoms with Crippen LogP contribution in [0, 0.1) is 12.8 Å². The largest absolute Gasteiger partial charge is 0.467 e.